The van der Waals surface area contributed by atoms with Gasteiger partial charge >= 0.3 is 0 Å². The third-order valence-electron chi connectivity index (χ3n) is 3.42. The number of carbonyl (C=O) groups is 1. The lowest BCUT2D eigenvalue weighted by Crippen LogP contribution is -2.50. The Morgan fingerprint density at radius 2 is 1.95 bits per heavy atom. The van der Waals surface area contributed by atoms with Crippen molar-refractivity contribution in [1.29, 1.82) is 0 Å². The molecule has 1 aliphatic heterocycles. The van der Waals surface area contributed by atoms with Crippen molar-refractivity contribution < 1.29 is 17.6 Å². The van der Waals surface area contributed by atoms with Crippen LogP contribution < -0.4 is 5.73 Å². The number of benzene rings is 1. The molecule has 1 saturated heterocycles. The number of sulfonamides is 1. The number of hydrogen-bond acceptors (Lipinski definition) is 4. The maximum absolute atomic E-state index is 13.6. The second-order valence-corrected chi connectivity index (χ2v) is 6.71. The molecule has 0 atom stereocenters. The van der Waals surface area contributed by atoms with Crippen molar-refractivity contribution in [3.8, 4) is 0 Å². The number of anilines is 1. The predicted octanol–water partition coefficient (Wildman–Crippen LogP) is 0.179. The summed E-state index contributed by atoms with van der Waals surface area (Å²) in [5, 5.41) is 0. The second-order valence-electron chi connectivity index (χ2n) is 4.77. The molecule has 0 spiro atoms. The topological polar surface area (TPSA) is 83.7 Å². The molecule has 6 nitrogen and oxygen atoms in total. The van der Waals surface area contributed by atoms with Crippen LogP contribution in [-0.4, -0.2) is 50.2 Å². The fourth-order valence-electron chi connectivity index (χ4n) is 1.91. The number of amides is 1. The summed E-state index contributed by atoms with van der Waals surface area (Å²) in [4.78, 5) is 12.8. The monoisotopic (exact) mass is 301 g/mol. The van der Waals surface area contributed by atoms with Crippen molar-refractivity contribution in [1.82, 2.24) is 9.21 Å². The number of halogens is 1. The number of nitrogens with two attached hydrogens (primary N) is 1. The lowest BCUT2D eigenvalue weighted by Gasteiger charge is -2.31. The Hall–Kier alpha value is -1.67. The van der Waals surface area contributed by atoms with Gasteiger partial charge in [-0.2, -0.15) is 4.31 Å². The summed E-state index contributed by atoms with van der Waals surface area (Å²) in [6.07, 6.45) is 0. The molecule has 1 aromatic carbocycles. The van der Waals surface area contributed by atoms with Gasteiger partial charge in [-0.05, 0) is 19.1 Å². The van der Waals surface area contributed by atoms with Gasteiger partial charge in [-0.3, -0.25) is 4.79 Å². The predicted molar refractivity (Wildman–Crippen MR) is 71.9 cm³/mol. The van der Waals surface area contributed by atoms with E-state index in [1.807, 2.05) is 0 Å². The molecule has 2 N–H and O–H groups in total. The molecule has 0 saturated carbocycles. The zero-order valence-electron chi connectivity index (χ0n) is 11.3. The Bertz CT molecular complexity index is 637. The quantitative estimate of drug-likeness (QED) is 0.790. The molecule has 0 unspecified atom stereocenters. The average Bonchev–Trinajstić information content (AvgIpc) is 2.38. The molecule has 20 heavy (non-hydrogen) atoms. The third-order valence-corrected chi connectivity index (χ3v) is 5.24. The van der Waals surface area contributed by atoms with E-state index in [1.165, 1.54) is 17.9 Å². The molecule has 0 radical (unpaired) electrons. The average molecular weight is 301 g/mol. The zero-order valence-corrected chi connectivity index (χ0v) is 12.1. The first-order valence-electron chi connectivity index (χ1n) is 6.03. The van der Waals surface area contributed by atoms with Crippen molar-refractivity contribution in [3.63, 3.8) is 0 Å². The first kappa shape index (κ1) is 14.7. The van der Waals surface area contributed by atoms with Crippen molar-refractivity contribution in [2.24, 2.45) is 0 Å². The van der Waals surface area contributed by atoms with Gasteiger partial charge < -0.3 is 10.6 Å². The van der Waals surface area contributed by atoms with Crippen LogP contribution in [0.1, 0.15) is 5.56 Å². The highest BCUT2D eigenvalue weighted by Crippen LogP contribution is 2.24. The summed E-state index contributed by atoms with van der Waals surface area (Å²) in [6, 6.07) is 2.15. The van der Waals surface area contributed by atoms with Crippen LogP contribution in [0.25, 0.3) is 0 Å². The van der Waals surface area contributed by atoms with Crippen LogP contribution in [0.2, 0.25) is 0 Å². The van der Waals surface area contributed by atoms with E-state index < -0.39 is 15.8 Å². The molecule has 0 bridgehead atoms. The van der Waals surface area contributed by atoms with E-state index in [2.05, 4.69) is 0 Å². The number of likely N-dealkylation sites (N-methyl/N-ethyl adjacent to an activating group) is 1. The molecule has 8 heteroatoms. The Balaban J connectivity index is 2.38. The first-order valence-corrected chi connectivity index (χ1v) is 7.47. The summed E-state index contributed by atoms with van der Waals surface area (Å²) in [7, 11) is -2.31. The smallest absolute Gasteiger partial charge is 0.243 e. The fraction of sp³-hybridized carbons (Fsp3) is 0.417. The van der Waals surface area contributed by atoms with Gasteiger partial charge in [0.2, 0.25) is 15.9 Å². The summed E-state index contributed by atoms with van der Waals surface area (Å²) >= 11 is 0. The van der Waals surface area contributed by atoms with E-state index in [1.54, 1.807) is 7.05 Å². The molecule has 0 aliphatic carbocycles. The van der Waals surface area contributed by atoms with E-state index in [0.29, 0.717) is 6.54 Å². The number of hydrogen-bond donors (Lipinski definition) is 1. The molecule has 110 valence electrons. The van der Waals surface area contributed by atoms with Gasteiger partial charge in [0.1, 0.15) is 5.82 Å². The van der Waals surface area contributed by atoms with Crippen LogP contribution in [0.15, 0.2) is 17.0 Å². The number of nitrogens with zero attached hydrogens (tertiary/aromatic N) is 2. The van der Waals surface area contributed by atoms with E-state index in [9.17, 15) is 17.6 Å². The van der Waals surface area contributed by atoms with Gasteiger partial charge in [-0.25, -0.2) is 12.8 Å². The molecule has 1 fully saturated rings. The SMILES string of the molecule is Cc1c(N)cc(S(=O)(=O)N2CCN(C)C(=O)C2)cc1F. The second kappa shape index (κ2) is 5.02. The van der Waals surface area contributed by atoms with Crippen molar-refractivity contribution in [3.05, 3.63) is 23.5 Å². The number of carbonyl (C=O) groups excluding carboxylic acids is 1. The lowest BCUT2D eigenvalue weighted by molar-refractivity contribution is -0.132. The van der Waals surface area contributed by atoms with Gasteiger partial charge in [-0.15, -0.1) is 0 Å². The normalized spacial score (nSPS) is 17.6. The van der Waals surface area contributed by atoms with Gasteiger partial charge in [0, 0.05) is 31.4 Å². The summed E-state index contributed by atoms with van der Waals surface area (Å²) in [6.45, 7) is 1.72. The molecule has 1 aliphatic rings. The highest BCUT2D eigenvalue weighted by atomic mass is 32.2. The number of rotatable bonds is 2. The van der Waals surface area contributed by atoms with Gasteiger partial charge in [0.05, 0.1) is 11.4 Å². The van der Waals surface area contributed by atoms with Crippen molar-refractivity contribution in [2.75, 3.05) is 32.4 Å². The van der Waals surface area contributed by atoms with Crippen LogP contribution in [0.5, 0.6) is 0 Å². The Morgan fingerprint density at radius 3 is 2.50 bits per heavy atom. The minimum Gasteiger partial charge on any atom is -0.398 e. The first-order chi connectivity index (χ1) is 9.23. The van der Waals surface area contributed by atoms with Gasteiger partial charge in [-0.1, -0.05) is 0 Å². The van der Waals surface area contributed by atoms with Crippen LogP contribution in [-0.2, 0) is 14.8 Å². The lowest BCUT2D eigenvalue weighted by atomic mass is 10.2. The minimum atomic E-state index is -3.91. The molecule has 2 rings (SSSR count). The Labute approximate surface area is 117 Å². The Kier molecular flexibility index (Phi) is 3.70. The standard InChI is InChI=1S/C12H16FN3O3S/c1-8-10(13)5-9(6-11(8)14)20(18,19)16-4-3-15(2)12(17)7-16/h5-6H,3-4,7,14H2,1-2H3. The number of piperazine rings is 1. The molecule has 0 aromatic heterocycles. The minimum absolute atomic E-state index is 0.0732. The van der Waals surface area contributed by atoms with E-state index in [4.69, 9.17) is 5.73 Å². The third kappa shape index (κ3) is 2.48. The molecular formula is C12H16FN3O3S. The van der Waals surface area contributed by atoms with Gasteiger partial charge in [0.15, 0.2) is 0 Å². The largest absolute Gasteiger partial charge is 0.398 e. The highest BCUT2D eigenvalue weighted by Gasteiger charge is 2.32. The van der Waals surface area contributed by atoms with Crippen molar-refractivity contribution >= 4 is 21.6 Å². The summed E-state index contributed by atoms with van der Waals surface area (Å²) < 4.78 is 39.5. The van der Waals surface area contributed by atoms with Crippen LogP contribution in [0.4, 0.5) is 10.1 Å². The van der Waals surface area contributed by atoms with Crippen LogP contribution in [0, 0.1) is 12.7 Å². The Morgan fingerprint density at radius 1 is 1.30 bits per heavy atom. The fourth-order valence-corrected chi connectivity index (χ4v) is 3.34. The highest BCUT2D eigenvalue weighted by molar-refractivity contribution is 7.89. The van der Waals surface area contributed by atoms with E-state index >= 15 is 0 Å². The van der Waals surface area contributed by atoms with Crippen molar-refractivity contribution in [2.45, 2.75) is 11.8 Å². The van der Waals surface area contributed by atoms with E-state index in [-0.39, 0.29) is 35.1 Å². The molecule has 1 aromatic rings. The number of nitrogen functional groups attached to an aromatic ring is 1. The molecule has 1 amide bonds. The summed E-state index contributed by atoms with van der Waals surface area (Å²) in [5.74, 6) is -0.968. The zero-order chi connectivity index (χ0) is 15.1. The molecule has 1 heterocycles. The van der Waals surface area contributed by atoms with Crippen LogP contribution >= 0.6 is 0 Å². The maximum Gasteiger partial charge on any atom is 0.243 e. The maximum atomic E-state index is 13.6. The van der Waals surface area contributed by atoms with Gasteiger partial charge in [0.25, 0.3) is 0 Å². The van der Waals surface area contributed by atoms with E-state index in [0.717, 1.165) is 10.4 Å². The van der Waals surface area contributed by atoms with Crippen LogP contribution in [0.3, 0.4) is 0 Å². The molecular weight excluding hydrogens is 285 g/mol. The summed E-state index contributed by atoms with van der Waals surface area (Å²) in [5.41, 5.74) is 5.88.